The van der Waals surface area contributed by atoms with E-state index in [0.717, 1.165) is 13.0 Å². The minimum atomic E-state index is -5.94. The fraction of sp³-hybridized carbons (Fsp3) is 0.211. The quantitative estimate of drug-likeness (QED) is 0.257. The summed E-state index contributed by atoms with van der Waals surface area (Å²) in [6.07, 6.45) is -5.94. The number of carbonyl (C=O) groups is 1. The molecule has 148 valence electrons. The SMILES string of the molecule is CCOC(=O)C(F)(c1c(F)cc2c(ccc3c(Br)cccc32)c1F)C(F)(F)F. The van der Waals surface area contributed by atoms with E-state index in [1.165, 1.54) is 12.1 Å². The van der Waals surface area contributed by atoms with Crippen molar-refractivity contribution in [1.29, 1.82) is 0 Å². The first kappa shape index (κ1) is 20.4. The summed E-state index contributed by atoms with van der Waals surface area (Å²) in [5.74, 6) is -6.08. The molecule has 28 heavy (non-hydrogen) atoms. The van der Waals surface area contributed by atoms with Gasteiger partial charge >= 0.3 is 17.8 Å². The van der Waals surface area contributed by atoms with Gasteiger partial charge in [-0.25, -0.2) is 18.0 Å². The molecule has 2 nitrogen and oxygen atoms in total. The maximum atomic E-state index is 15.0. The highest BCUT2D eigenvalue weighted by Crippen LogP contribution is 2.47. The molecule has 0 aliphatic heterocycles. The second-order valence-electron chi connectivity index (χ2n) is 5.92. The molecule has 0 bridgehead atoms. The topological polar surface area (TPSA) is 26.3 Å². The number of carbonyl (C=O) groups excluding carboxylic acids is 1. The van der Waals surface area contributed by atoms with E-state index < -0.39 is 47.0 Å². The van der Waals surface area contributed by atoms with Crippen molar-refractivity contribution in [3.8, 4) is 0 Å². The molecule has 0 saturated carbocycles. The van der Waals surface area contributed by atoms with E-state index >= 15 is 0 Å². The van der Waals surface area contributed by atoms with Crippen LogP contribution in [0, 0.1) is 11.6 Å². The Hall–Kier alpha value is -2.29. The van der Waals surface area contributed by atoms with E-state index in [2.05, 4.69) is 20.7 Å². The lowest BCUT2D eigenvalue weighted by Gasteiger charge is -2.27. The monoisotopic (exact) mass is 464 g/mol. The molecule has 0 saturated heterocycles. The number of alkyl halides is 4. The Labute approximate surface area is 163 Å². The minimum absolute atomic E-state index is 0.0640. The van der Waals surface area contributed by atoms with Gasteiger partial charge in [-0.3, -0.25) is 0 Å². The van der Waals surface area contributed by atoms with Gasteiger partial charge < -0.3 is 4.74 Å². The first-order valence-corrected chi connectivity index (χ1v) is 8.75. The second-order valence-corrected chi connectivity index (χ2v) is 6.77. The maximum Gasteiger partial charge on any atom is 0.438 e. The summed E-state index contributed by atoms with van der Waals surface area (Å²) in [6.45, 7) is 0.544. The van der Waals surface area contributed by atoms with Crippen LogP contribution in [0.1, 0.15) is 12.5 Å². The Bertz CT molecular complexity index is 1100. The standard InChI is InChI=1S/C19H11BrF6O2/c1-2-28-17(27)18(23,19(24,25)26)15-14(21)8-12-9-4-3-5-13(20)10(9)6-7-11(12)16(15)22/h3-8H,2H2,1H3. The normalized spacial score (nSPS) is 14.3. The molecule has 3 aromatic rings. The molecule has 0 aliphatic rings. The van der Waals surface area contributed by atoms with Gasteiger partial charge in [0.25, 0.3) is 0 Å². The Morgan fingerprint density at radius 3 is 2.25 bits per heavy atom. The zero-order chi connectivity index (χ0) is 20.9. The average molecular weight is 465 g/mol. The first-order chi connectivity index (χ1) is 13.0. The lowest BCUT2D eigenvalue weighted by Crippen LogP contribution is -2.47. The van der Waals surface area contributed by atoms with Gasteiger partial charge in [-0.2, -0.15) is 13.2 Å². The van der Waals surface area contributed by atoms with Gasteiger partial charge in [0.2, 0.25) is 0 Å². The van der Waals surface area contributed by atoms with Crippen molar-refractivity contribution in [2.75, 3.05) is 6.61 Å². The minimum Gasteiger partial charge on any atom is -0.463 e. The number of hydrogen-bond acceptors (Lipinski definition) is 2. The van der Waals surface area contributed by atoms with Gasteiger partial charge in [-0.05, 0) is 35.2 Å². The highest BCUT2D eigenvalue weighted by atomic mass is 79.9. The molecule has 0 radical (unpaired) electrons. The van der Waals surface area contributed by atoms with Crippen molar-refractivity contribution in [3.63, 3.8) is 0 Å². The van der Waals surface area contributed by atoms with Crippen LogP contribution in [0.3, 0.4) is 0 Å². The van der Waals surface area contributed by atoms with Crippen LogP contribution in [0.15, 0.2) is 40.9 Å². The lowest BCUT2D eigenvalue weighted by atomic mass is 9.90. The zero-order valence-electron chi connectivity index (χ0n) is 14.1. The molecule has 0 heterocycles. The van der Waals surface area contributed by atoms with Gasteiger partial charge in [-0.1, -0.05) is 40.2 Å². The summed E-state index contributed by atoms with van der Waals surface area (Å²) in [5, 5.41) is 0.363. The molecular weight excluding hydrogens is 454 g/mol. The summed E-state index contributed by atoms with van der Waals surface area (Å²) in [4.78, 5) is 11.8. The molecule has 0 amide bonds. The number of esters is 1. The van der Waals surface area contributed by atoms with Gasteiger partial charge in [0, 0.05) is 9.86 Å². The Morgan fingerprint density at radius 2 is 1.64 bits per heavy atom. The Morgan fingerprint density at radius 1 is 1.00 bits per heavy atom. The molecule has 3 aromatic carbocycles. The maximum absolute atomic E-state index is 15.0. The van der Waals surface area contributed by atoms with Crippen LogP contribution in [0.2, 0.25) is 0 Å². The molecule has 0 aromatic heterocycles. The van der Waals surface area contributed by atoms with Crippen molar-refractivity contribution in [3.05, 3.63) is 58.1 Å². The van der Waals surface area contributed by atoms with Crippen molar-refractivity contribution in [1.82, 2.24) is 0 Å². The number of hydrogen-bond donors (Lipinski definition) is 0. The molecule has 1 unspecified atom stereocenters. The molecule has 3 rings (SSSR count). The van der Waals surface area contributed by atoms with Gasteiger partial charge in [0.15, 0.2) is 0 Å². The van der Waals surface area contributed by atoms with E-state index in [9.17, 15) is 31.1 Å². The Kier molecular flexibility index (Phi) is 5.07. The van der Waals surface area contributed by atoms with Crippen LogP contribution < -0.4 is 0 Å². The third-order valence-corrected chi connectivity index (χ3v) is 5.00. The Balaban J connectivity index is 2.42. The zero-order valence-corrected chi connectivity index (χ0v) is 15.7. The number of benzene rings is 3. The van der Waals surface area contributed by atoms with Crippen LogP contribution >= 0.6 is 15.9 Å². The highest BCUT2D eigenvalue weighted by Gasteiger charge is 2.66. The molecule has 9 heteroatoms. The smallest absolute Gasteiger partial charge is 0.438 e. The lowest BCUT2D eigenvalue weighted by molar-refractivity contribution is -0.244. The van der Waals surface area contributed by atoms with E-state index in [4.69, 9.17) is 0 Å². The predicted molar refractivity (Wildman–Crippen MR) is 94.5 cm³/mol. The summed E-state index contributed by atoms with van der Waals surface area (Å²) in [6, 6.07) is 7.84. The van der Waals surface area contributed by atoms with Crippen LogP contribution in [-0.4, -0.2) is 18.8 Å². The molecule has 0 spiro atoms. The van der Waals surface area contributed by atoms with E-state index in [1.807, 2.05) is 0 Å². The number of rotatable bonds is 3. The molecule has 1 atom stereocenters. The summed E-state index contributed by atoms with van der Waals surface area (Å²) in [5.41, 5.74) is -7.03. The van der Waals surface area contributed by atoms with E-state index in [1.54, 1.807) is 12.1 Å². The highest BCUT2D eigenvalue weighted by molar-refractivity contribution is 9.10. The van der Waals surface area contributed by atoms with Crippen molar-refractivity contribution < 1.29 is 35.9 Å². The largest absolute Gasteiger partial charge is 0.463 e. The summed E-state index contributed by atoms with van der Waals surface area (Å²) >= 11 is 3.27. The number of halogens is 7. The van der Waals surface area contributed by atoms with Gasteiger partial charge in [0.05, 0.1) is 12.2 Å². The average Bonchev–Trinajstić information content (AvgIpc) is 2.61. The van der Waals surface area contributed by atoms with Gasteiger partial charge in [-0.15, -0.1) is 0 Å². The van der Waals surface area contributed by atoms with Crippen molar-refractivity contribution >= 4 is 43.4 Å². The van der Waals surface area contributed by atoms with Crippen LogP contribution in [-0.2, 0) is 15.2 Å². The number of ether oxygens (including phenoxy) is 1. The van der Waals surface area contributed by atoms with Crippen LogP contribution in [0.4, 0.5) is 26.3 Å². The fourth-order valence-electron chi connectivity index (χ4n) is 3.03. The van der Waals surface area contributed by atoms with E-state index in [0.29, 0.717) is 21.3 Å². The third-order valence-electron chi connectivity index (χ3n) is 4.31. The fourth-order valence-corrected chi connectivity index (χ4v) is 3.53. The first-order valence-electron chi connectivity index (χ1n) is 7.96. The van der Waals surface area contributed by atoms with Crippen molar-refractivity contribution in [2.45, 2.75) is 18.8 Å². The molecular formula is C19H11BrF6O2. The third kappa shape index (κ3) is 2.92. The van der Waals surface area contributed by atoms with Crippen molar-refractivity contribution in [2.24, 2.45) is 0 Å². The molecule has 0 aliphatic carbocycles. The summed E-state index contributed by atoms with van der Waals surface area (Å²) < 4.78 is 89.5. The second kappa shape index (κ2) is 6.95. The van der Waals surface area contributed by atoms with Crippen LogP contribution in [0.5, 0.6) is 0 Å². The molecule has 0 N–H and O–H groups in total. The number of fused-ring (bicyclic) bond motifs is 3. The molecule has 0 fully saturated rings. The van der Waals surface area contributed by atoms with E-state index in [-0.39, 0.29) is 5.39 Å². The summed E-state index contributed by atoms with van der Waals surface area (Å²) in [7, 11) is 0. The van der Waals surface area contributed by atoms with Gasteiger partial charge in [0.1, 0.15) is 11.6 Å². The predicted octanol–water partition coefficient (Wildman–Crippen LogP) is 6.32. The van der Waals surface area contributed by atoms with Crippen LogP contribution in [0.25, 0.3) is 21.5 Å².